The zero-order valence-electron chi connectivity index (χ0n) is 30.9. The van der Waals surface area contributed by atoms with Crippen molar-refractivity contribution < 1.29 is 42.6 Å². The predicted octanol–water partition coefficient (Wildman–Crippen LogP) is 7.33. The summed E-state index contributed by atoms with van der Waals surface area (Å²) < 4.78 is 54.0. The fraction of sp³-hybridized carbons (Fsp3) is 0.366. The van der Waals surface area contributed by atoms with Crippen molar-refractivity contribution >= 4 is 27.2 Å². The summed E-state index contributed by atoms with van der Waals surface area (Å²) in [7, 11) is 14.2. The fourth-order valence-electron chi connectivity index (χ4n) is 8.24. The Kier molecular flexibility index (Phi) is 8.61. The topological polar surface area (TPSA) is 89.6 Å². The van der Waals surface area contributed by atoms with Gasteiger partial charge in [-0.2, -0.15) is 0 Å². The number of nitrogens with zero attached hydrogens (tertiary/aromatic N) is 2. The molecule has 0 aliphatic carbocycles. The molecule has 0 saturated carbocycles. The van der Waals surface area contributed by atoms with E-state index < -0.39 is 0 Å². The highest BCUT2D eigenvalue weighted by molar-refractivity contribution is 6.21. The summed E-state index contributed by atoms with van der Waals surface area (Å²) in [5.74, 6) is 6.29. The van der Waals surface area contributed by atoms with E-state index in [2.05, 4.69) is 48.2 Å². The van der Waals surface area contributed by atoms with Gasteiger partial charge in [-0.15, -0.1) is 0 Å². The van der Waals surface area contributed by atoms with Crippen LogP contribution in [0.25, 0.3) is 21.5 Å². The molecule has 0 aromatic heterocycles. The number of anilines is 1. The SMILES string of the molecule is COc1cc2c(c3c1OCO3)CCN(C)[C@H]2Cc1ccc(Oc2c(OC)c(OC)cc3c2cc2c4c(c(OC)c(OC)c(OC)c43)CCN2C)cc1. The molecule has 0 radical (unpaired) electrons. The van der Waals surface area contributed by atoms with Gasteiger partial charge in [-0.05, 0) is 67.8 Å². The van der Waals surface area contributed by atoms with E-state index in [9.17, 15) is 0 Å². The van der Waals surface area contributed by atoms with E-state index in [4.69, 9.17) is 42.6 Å². The average Bonchev–Trinajstić information content (AvgIpc) is 3.67. The van der Waals surface area contributed by atoms with Gasteiger partial charge in [0.2, 0.25) is 24.0 Å². The summed E-state index contributed by atoms with van der Waals surface area (Å²) in [4.78, 5) is 4.64. The third-order valence-corrected chi connectivity index (χ3v) is 10.8. The molecule has 8 rings (SSSR count). The van der Waals surface area contributed by atoms with Crippen LogP contribution in [0.2, 0.25) is 0 Å². The minimum atomic E-state index is 0.138. The summed E-state index contributed by atoms with van der Waals surface area (Å²) in [6, 6.07) is 14.6. The molecule has 0 fully saturated rings. The number of hydrogen-bond donors (Lipinski definition) is 0. The van der Waals surface area contributed by atoms with Gasteiger partial charge in [0.15, 0.2) is 34.5 Å². The smallest absolute Gasteiger partial charge is 0.231 e. The van der Waals surface area contributed by atoms with E-state index in [1.165, 1.54) is 16.7 Å². The molecule has 0 spiro atoms. The molecule has 0 N–H and O–H groups in total. The van der Waals surface area contributed by atoms with Crippen molar-refractivity contribution in [2.24, 2.45) is 0 Å². The van der Waals surface area contributed by atoms with Crippen molar-refractivity contribution in [2.45, 2.75) is 25.3 Å². The van der Waals surface area contributed by atoms with Crippen LogP contribution in [-0.2, 0) is 19.3 Å². The highest BCUT2D eigenvalue weighted by Crippen LogP contribution is 2.57. The Morgan fingerprint density at radius 1 is 0.635 bits per heavy atom. The summed E-state index contributed by atoms with van der Waals surface area (Å²) in [6.45, 7) is 1.94. The van der Waals surface area contributed by atoms with Gasteiger partial charge in [0.25, 0.3) is 0 Å². The maximum absolute atomic E-state index is 6.79. The van der Waals surface area contributed by atoms with E-state index in [0.717, 1.165) is 70.9 Å². The normalized spacial score (nSPS) is 16.2. The second-order valence-electron chi connectivity index (χ2n) is 13.3. The number of ether oxygens (including phenoxy) is 9. The van der Waals surface area contributed by atoms with Crippen molar-refractivity contribution in [3.63, 3.8) is 0 Å². The highest BCUT2D eigenvalue weighted by Gasteiger charge is 2.34. The Hall–Kier alpha value is -5.42. The van der Waals surface area contributed by atoms with Crippen molar-refractivity contribution in [2.75, 3.05) is 81.5 Å². The molecule has 11 nitrogen and oxygen atoms in total. The minimum absolute atomic E-state index is 0.138. The fourth-order valence-corrected chi connectivity index (χ4v) is 8.24. The molecule has 11 heteroatoms. The molecule has 0 unspecified atom stereocenters. The molecule has 272 valence electrons. The predicted molar refractivity (Wildman–Crippen MR) is 200 cm³/mol. The van der Waals surface area contributed by atoms with Gasteiger partial charge in [0.1, 0.15) is 5.75 Å². The Bertz CT molecular complexity index is 2200. The van der Waals surface area contributed by atoms with Gasteiger partial charge in [-0.1, -0.05) is 12.1 Å². The van der Waals surface area contributed by atoms with E-state index in [1.807, 2.05) is 18.2 Å². The minimum Gasteiger partial charge on any atom is -0.493 e. The lowest BCUT2D eigenvalue weighted by Crippen LogP contribution is -2.33. The number of fused-ring (bicyclic) bond motifs is 5. The standard InChI is InChI=1S/C41H44N2O9/c1-42-15-13-24-26(19-32(45-4)39-36(24)50-21-51-39)29(42)17-22-9-11-23(12-10-22)52-37-28-18-30-33-25(14-16-43(30)2)35(46-5)41(49-8)40(48-7)34(33)27(28)20-31(44-3)38(37)47-6/h9-12,18-20,29H,13-17,21H2,1-8H3/t29-/m0/s1. The second kappa shape index (κ2) is 13.3. The lowest BCUT2D eigenvalue weighted by atomic mass is 9.88. The number of benzene rings is 5. The van der Waals surface area contributed by atoms with Crippen molar-refractivity contribution in [1.29, 1.82) is 0 Å². The van der Waals surface area contributed by atoms with E-state index >= 15 is 0 Å². The molecule has 5 aromatic rings. The van der Waals surface area contributed by atoms with Gasteiger partial charge >= 0.3 is 0 Å². The summed E-state index contributed by atoms with van der Waals surface area (Å²) in [6.07, 6.45) is 2.48. The molecule has 1 atom stereocenters. The molecule has 3 aliphatic heterocycles. The molecule has 52 heavy (non-hydrogen) atoms. The molecule has 5 aromatic carbocycles. The molecule has 0 amide bonds. The number of rotatable bonds is 10. The van der Waals surface area contributed by atoms with Crippen molar-refractivity contribution in [1.82, 2.24) is 4.90 Å². The van der Waals surface area contributed by atoms with Crippen LogP contribution in [0.15, 0.2) is 42.5 Å². The number of methoxy groups -OCH3 is 6. The first kappa shape index (κ1) is 33.7. The summed E-state index contributed by atoms with van der Waals surface area (Å²) >= 11 is 0. The van der Waals surface area contributed by atoms with Gasteiger partial charge in [0.05, 0.1) is 42.7 Å². The largest absolute Gasteiger partial charge is 0.493 e. The zero-order chi connectivity index (χ0) is 36.3. The van der Waals surface area contributed by atoms with Crippen LogP contribution in [0.3, 0.4) is 0 Å². The van der Waals surface area contributed by atoms with E-state index in [-0.39, 0.29) is 12.8 Å². The maximum Gasteiger partial charge on any atom is 0.231 e. The van der Waals surface area contributed by atoms with Gasteiger partial charge in [0, 0.05) is 64.5 Å². The Labute approximate surface area is 303 Å². The quantitative estimate of drug-likeness (QED) is 0.137. The highest BCUT2D eigenvalue weighted by atomic mass is 16.7. The van der Waals surface area contributed by atoms with E-state index in [0.29, 0.717) is 51.7 Å². The summed E-state index contributed by atoms with van der Waals surface area (Å²) in [5, 5.41) is 3.68. The van der Waals surface area contributed by atoms with Crippen LogP contribution in [0.1, 0.15) is 28.3 Å². The van der Waals surface area contributed by atoms with E-state index in [1.54, 1.807) is 42.7 Å². The second-order valence-corrected chi connectivity index (χ2v) is 13.3. The van der Waals surface area contributed by atoms with Crippen molar-refractivity contribution in [3.05, 3.63) is 64.7 Å². The zero-order valence-corrected chi connectivity index (χ0v) is 30.9. The first-order valence-electron chi connectivity index (χ1n) is 17.4. The van der Waals surface area contributed by atoms with Crippen molar-refractivity contribution in [3.8, 4) is 57.5 Å². The lowest BCUT2D eigenvalue weighted by molar-refractivity contribution is 0.169. The first-order valence-corrected chi connectivity index (χ1v) is 17.4. The molecular weight excluding hydrogens is 664 g/mol. The molecule has 0 bridgehead atoms. The Morgan fingerprint density at radius 2 is 1.33 bits per heavy atom. The first-order chi connectivity index (χ1) is 25.3. The Balaban J connectivity index is 1.22. The van der Waals surface area contributed by atoms with Crippen LogP contribution in [0.4, 0.5) is 5.69 Å². The maximum atomic E-state index is 6.79. The van der Waals surface area contributed by atoms with Crippen LogP contribution in [-0.4, -0.2) is 81.5 Å². The Morgan fingerprint density at radius 3 is 2.02 bits per heavy atom. The number of likely N-dealkylation sites (N-methyl/N-ethyl adjacent to an activating group) is 2. The van der Waals surface area contributed by atoms with Gasteiger partial charge in [-0.3, -0.25) is 4.90 Å². The average molecular weight is 709 g/mol. The molecule has 3 aliphatic rings. The molecule has 0 saturated heterocycles. The summed E-state index contributed by atoms with van der Waals surface area (Å²) in [5.41, 5.74) is 5.69. The van der Waals surface area contributed by atoms with Crippen LogP contribution < -0.4 is 47.5 Å². The monoisotopic (exact) mass is 708 g/mol. The van der Waals surface area contributed by atoms with Crippen LogP contribution >= 0.6 is 0 Å². The van der Waals surface area contributed by atoms with Crippen LogP contribution in [0, 0.1) is 0 Å². The lowest BCUT2D eigenvalue weighted by Gasteiger charge is -2.35. The van der Waals surface area contributed by atoms with Gasteiger partial charge < -0.3 is 47.5 Å². The number of hydrogen-bond acceptors (Lipinski definition) is 11. The molecule has 3 heterocycles. The third kappa shape index (κ3) is 5.12. The third-order valence-electron chi connectivity index (χ3n) is 10.8. The molecular formula is C41H44N2O9. The van der Waals surface area contributed by atoms with Gasteiger partial charge in [-0.25, -0.2) is 0 Å². The van der Waals surface area contributed by atoms with Crippen LogP contribution in [0.5, 0.6) is 57.5 Å².